The number of carbonyl (C=O) groups excluding carboxylic acids is 1. The van der Waals surface area contributed by atoms with E-state index in [-0.39, 0.29) is 12.5 Å². The normalized spacial score (nSPS) is 11.9. The highest BCUT2D eigenvalue weighted by Crippen LogP contribution is 2.27. The first-order chi connectivity index (χ1) is 15.2. The summed E-state index contributed by atoms with van der Waals surface area (Å²) in [7, 11) is 0. The lowest BCUT2D eigenvalue weighted by Crippen LogP contribution is -2.39. The molecule has 3 aromatic carbocycles. The molecule has 0 aliphatic heterocycles. The topological polar surface area (TPSA) is 74.3 Å². The molecule has 4 rings (SSSR count). The summed E-state index contributed by atoms with van der Waals surface area (Å²) in [5.41, 5.74) is 4.51. The van der Waals surface area contributed by atoms with Gasteiger partial charge >= 0.3 is 0 Å². The fourth-order valence-electron chi connectivity index (χ4n) is 3.79. The molecule has 1 aromatic heterocycles. The van der Waals surface area contributed by atoms with Gasteiger partial charge in [0.15, 0.2) is 0 Å². The summed E-state index contributed by atoms with van der Waals surface area (Å²) in [6.45, 7) is 2.19. The maximum absolute atomic E-state index is 13.2. The Hall–Kier alpha value is -3.57. The van der Waals surface area contributed by atoms with Crippen molar-refractivity contribution in [2.24, 2.45) is 0 Å². The van der Waals surface area contributed by atoms with Crippen LogP contribution in [-0.4, -0.2) is 35.3 Å². The zero-order valence-corrected chi connectivity index (χ0v) is 17.5. The molecule has 31 heavy (non-hydrogen) atoms. The summed E-state index contributed by atoms with van der Waals surface area (Å²) in [5, 5.41) is 14.0. The van der Waals surface area contributed by atoms with E-state index >= 15 is 0 Å². The number of hydrogen-bond acceptors (Lipinski definition) is 3. The first-order valence-corrected chi connectivity index (χ1v) is 10.5. The average Bonchev–Trinajstić information content (AvgIpc) is 3.22. The van der Waals surface area contributed by atoms with E-state index in [1.165, 1.54) is 0 Å². The molecule has 0 aliphatic rings. The van der Waals surface area contributed by atoms with Gasteiger partial charge in [-0.2, -0.15) is 0 Å². The van der Waals surface area contributed by atoms with Gasteiger partial charge in [0.05, 0.1) is 24.8 Å². The van der Waals surface area contributed by atoms with Crippen molar-refractivity contribution in [1.82, 2.24) is 10.3 Å². The van der Waals surface area contributed by atoms with Gasteiger partial charge in [-0.25, -0.2) is 0 Å². The number of aromatic amines is 1. The van der Waals surface area contributed by atoms with E-state index in [0.29, 0.717) is 24.3 Å². The highest BCUT2D eigenvalue weighted by atomic mass is 16.5. The van der Waals surface area contributed by atoms with Crippen LogP contribution in [0.2, 0.25) is 0 Å². The van der Waals surface area contributed by atoms with Crippen molar-refractivity contribution in [3.8, 4) is 16.9 Å². The molecular weight excluding hydrogens is 388 g/mol. The number of rotatable bonds is 8. The van der Waals surface area contributed by atoms with Crippen molar-refractivity contribution < 1.29 is 14.6 Å². The monoisotopic (exact) mass is 414 g/mol. The molecule has 158 valence electrons. The van der Waals surface area contributed by atoms with Gasteiger partial charge in [-0.05, 0) is 48.2 Å². The number of H-pyrrole nitrogens is 1. The number of amides is 1. The van der Waals surface area contributed by atoms with Crippen LogP contribution in [0.1, 0.15) is 22.8 Å². The largest absolute Gasteiger partial charge is 0.493 e. The molecule has 0 saturated carbocycles. The van der Waals surface area contributed by atoms with Gasteiger partial charge in [0, 0.05) is 17.1 Å². The number of aliphatic hydroxyl groups excluding tert-OH is 1. The molecule has 4 aromatic rings. The maximum atomic E-state index is 13.2. The number of ether oxygens (including phenoxy) is 1. The van der Waals surface area contributed by atoms with Crippen molar-refractivity contribution >= 4 is 16.8 Å². The van der Waals surface area contributed by atoms with E-state index in [1.54, 1.807) is 0 Å². The zero-order valence-electron chi connectivity index (χ0n) is 17.5. The first-order valence-electron chi connectivity index (χ1n) is 10.5. The second kappa shape index (κ2) is 9.49. The van der Waals surface area contributed by atoms with Gasteiger partial charge in [0.2, 0.25) is 0 Å². The maximum Gasteiger partial charge on any atom is 0.255 e. The summed E-state index contributed by atoms with van der Waals surface area (Å²) in [5.74, 6) is 0.267. The molecule has 0 saturated heterocycles. The predicted octanol–water partition coefficient (Wildman–Crippen LogP) is 4.57. The number of aromatic nitrogens is 1. The first kappa shape index (κ1) is 20.7. The Bertz CT molecular complexity index is 1170. The molecule has 1 atom stereocenters. The number of para-hydroxylation sites is 1. The Morgan fingerprint density at radius 1 is 1.03 bits per heavy atom. The number of benzene rings is 3. The van der Waals surface area contributed by atoms with Crippen LogP contribution >= 0.6 is 0 Å². The summed E-state index contributed by atoms with van der Waals surface area (Å²) in [4.78, 5) is 16.4. The van der Waals surface area contributed by atoms with E-state index < -0.39 is 6.04 Å². The number of hydrogen-bond donors (Lipinski definition) is 3. The van der Waals surface area contributed by atoms with Gasteiger partial charge < -0.3 is 20.1 Å². The molecule has 0 radical (unpaired) electrons. The van der Waals surface area contributed by atoms with Crippen LogP contribution in [-0.2, 0) is 6.42 Å². The molecule has 5 heteroatoms. The Morgan fingerprint density at radius 3 is 2.58 bits per heavy atom. The Kier molecular flexibility index (Phi) is 6.34. The van der Waals surface area contributed by atoms with Crippen LogP contribution in [0.15, 0.2) is 79.0 Å². The van der Waals surface area contributed by atoms with Crippen LogP contribution in [0.25, 0.3) is 22.0 Å². The van der Waals surface area contributed by atoms with Gasteiger partial charge in [-0.1, -0.05) is 54.6 Å². The van der Waals surface area contributed by atoms with E-state index in [9.17, 15) is 9.90 Å². The van der Waals surface area contributed by atoms with Gasteiger partial charge in [-0.3, -0.25) is 4.79 Å². The second-order valence-electron chi connectivity index (χ2n) is 7.43. The lowest BCUT2D eigenvalue weighted by atomic mass is 10.0. The standard InChI is InChI=1S/C26H26N2O3/c1-2-31-25-13-12-19(18-8-4-3-5-9-18)15-23(25)26(30)28-21(17-29)14-20-16-27-24-11-7-6-10-22(20)24/h3-13,15-16,21,27,29H,2,14,17H2,1H3,(H,28,30)/t21-/m1/s1. The Balaban J connectivity index is 1.58. The lowest BCUT2D eigenvalue weighted by Gasteiger charge is -2.18. The molecular formula is C26H26N2O3. The zero-order chi connectivity index (χ0) is 21.6. The average molecular weight is 415 g/mol. The number of fused-ring (bicyclic) bond motifs is 1. The molecule has 0 aliphatic carbocycles. The summed E-state index contributed by atoms with van der Waals surface area (Å²) >= 11 is 0. The minimum Gasteiger partial charge on any atom is -0.493 e. The lowest BCUT2D eigenvalue weighted by molar-refractivity contribution is 0.0913. The number of aliphatic hydroxyl groups is 1. The third-order valence-corrected chi connectivity index (χ3v) is 5.33. The Labute approximate surface area is 181 Å². The van der Waals surface area contributed by atoms with Crippen molar-refractivity contribution in [1.29, 1.82) is 0 Å². The summed E-state index contributed by atoms with van der Waals surface area (Å²) in [6, 6.07) is 23.1. The van der Waals surface area contributed by atoms with Crippen molar-refractivity contribution in [3.63, 3.8) is 0 Å². The predicted molar refractivity (Wildman–Crippen MR) is 123 cm³/mol. The van der Waals surface area contributed by atoms with Crippen molar-refractivity contribution in [2.45, 2.75) is 19.4 Å². The van der Waals surface area contributed by atoms with Crippen molar-refractivity contribution in [2.75, 3.05) is 13.2 Å². The molecule has 1 amide bonds. The fraction of sp³-hybridized carbons (Fsp3) is 0.192. The molecule has 3 N–H and O–H groups in total. The highest BCUT2D eigenvalue weighted by molar-refractivity contribution is 5.98. The van der Waals surface area contributed by atoms with Crippen LogP contribution in [0.4, 0.5) is 0 Å². The third kappa shape index (κ3) is 4.62. The smallest absolute Gasteiger partial charge is 0.255 e. The molecule has 5 nitrogen and oxygen atoms in total. The van der Waals surface area contributed by atoms with Crippen molar-refractivity contribution in [3.05, 3.63) is 90.1 Å². The van der Waals surface area contributed by atoms with Crippen LogP contribution < -0.4 is 10.1 Å². The van der Waals surface area contributed by atoms with E-state index in [2.05, 4.69) is 10.3 Å². The van der Waals surface area contributed by atoms with E-state index in [0.717, 1.165) is 27.6 Å². The van der Waals surface area contributed by atoms with E-state index in [4.69, 9.17) is 4.74 Å². The van der Waals surface area contributed by atoms with Crippen LogP contribution in [0.5, 0.6) is 5.75 Å². The fourth-order valence-corrected chi connectivity index (χ4v) is 3.79. The van der Waals surface area contributed by atoms with Crippen LogP contribution in [0.3, 0.4) is 0 Å². The minimum atomic E-state index is -0.415. The third-order valence-electron chi connectivity index (χ3n) is 5.33. The van der Waals surface area contributed by atoms with E-state index in [1.807, 2.05) is 85.9 Å². The van der Waals surface area contributed by atoms with Gasteiger partial charge in [0.1, 0.15) is 5.75 Å². The summed E-state index contributed by atoms with van der Waals surface area (Å²) < 4.78 is 5.70. The molecule has 0 spiro atoms. The summed E-state index contributed by atoms with van der Waals surface area (Å²) in [6.07, 6.45) is 2.45. The molecule has 0 fully saturated rings. The minimum absolute atomic E-state index is 0.159. The molecule has 1 heterocycles. The molecule has 0 unspecified atom stereocenters. The quantitative estimate of drug-likeness (QED) is 0.395. The van der Waals surface area contributed by atoms with Gasteiger partial charge in [0.25, 0.3) is 5.91 Å². The second-order valence-corrected chi connectivity index (χ2v) is 7.43. The number of carbonyl (C=O) groups is 1. The molecule has 0 bridgehead atoms. The highest BCUT2D eigenvalue weighted by Gasteiger charge is 2.19. The Morgan fingerprint density at radius 2 is 1.81 bits per heavy atom. The van der Waals surface area contributed by atoms with Gasteiger partial charge in [-0.15, -0.1) is 0 Å². The van der Waals surface area contributed by atoms with Crippen LogP contribution in [0, 0.1) is 0 Å². The SMILES string of the molecule is CCOc1ccc(-c2ccccc2)cc1C(=O)N[C@@H](CO)Cc1c[nH]c2ccccc12. The number of nitrogens with one attached hydrogen (secondary N) is 2.